The van der Waals surface area contributed by atoms with Crippen molar-refractivity contribution in [2.75, 3.05) is 46.5 Å². The molecule has 1 aromatic rings. The van der Waals surface area contributed by atoms with E-state index in [4.69, 9.17) is 14.2 Å². The molecule has 1 aromatic carbocycles. The molecule has 27 heavy (non-hydrogen) atoms. The molecule has 3 heterocycles. The van der Waals surface area contributed by atoms with Crippen LogP contribution in [0.2, 0.25) is 0 Å². The van der Waals surface area contributed by atoms with E-state index in [1.54, 1.807) is 24.3 Å². The Balaban J connectivity index is 1.45. The minimum absolute atomic E-state index is 0.0806. The normalized spacial score (nSPS) is 28.9. The molecular weight excluding hydrogens is 372 g/mol. The molecular formula is C18H24N2O6S. The summed E-state index contributed by atoms with van der Waals surface area (Å²) in [4.78, 5) is 14.7. The number of amides is 1. The number of ether oxygens (including phenoxy) is 3. The highest BCUT2D eigenvalue weighted by Crippen LogP contribution is 2.27. The van der Waals surface area contributed by atoms with Gasteiger partial charge in [-0.1, -0.05) is 0 Å². The summed E-state index contributed by atoms with van der Waals surface area (Å²) in [6.07, 6.45) is 0.136. The Kier molecular flexibility index (Phi) is 5.11. The van der Waals surface area contributed by atoms with Crippen molar-refractivity contribution in [3.63, 3.8) is 0 Å². The summed E-state index contributed by atoms with van der Waals surface area (Å²) >= 11 is 0. The van der Waals surface area contributed by atoms with Crippen molar-refractivity contribution < 1.29 is 27.4 Å². The molecule has 9 heteroatoms. The maximum atomic E-state index is 13.0. The lowest BCUT2D eigenvalue weighted by Gasteiger charge is -2.45. The molecule has 0 radical (unpaired) electrons. The van der Waals surface area contributed by atoms with Crippen molar-refractivity contribution >= 4 is 15.9 Å². The second-order valence-electron chi connectivity index (χ2n) is 7.18. The maximum Gasteiger partial charge on any atom is 0.243 e. The van der Waals surface area contributed by atoms with Crippen molar-refractivity contribution in [3.05, 3.63) is 24.3 Å². The zero-order valence-corrected chi connectivity index (χ0v) is 16.1. The fourth-order valence-corrected chi connectivity index (χ4v) is 5.42. The Labute approximate surface area is 159 Å². The predicted octanol–water partition coefficient (Wildman–Crippen LogP) is 0.332. The van der Waals surface area contributed by atoms with Crippen molar-refractivity contribution in [3.8, 4) is 5.75 Å². The molecule has 1 amide bonds. The number of rotatable bonds is 4. The van der Waals surface area contributed by atoms with Crippen molar-refractivity contribution in [2.24, 2.45) is 5.92 Å². The van der Waals surface area contributed by atoms with Gasteiger partial charge in [0.25, 0.3) is 0 Å². The molecule has 0 spiro atoms. The third-order valence-corrected chi connectivity index (χ3v) is 7.18. The number of fused-ring (bicyclic) bond motifs is 2. The van der Waals surface area contributed by atoms with Crippen molar-refractivity contribution in [1.82, 2.24) is 9.21 Å². The summed E-state index contributed by atoms with van der Waals surface area (Å²) in [6, 6.07) is 6.38. The first-order valence-corrected chi connectivity index (χ1v) is 10.6. The molecule has 0 aromatic heterocycles. The van der Waals surface area contributed by atoms with Gasteiger partial charge in [-0.2, -0.15) is 4.31 Å². The quantitative estimate of drug-likeness (QED) is 0.729. The lowest BCUT2D eigenvalue weighted by Crippen LogP contribution is -2.62. The van der Waals surface area contributed by atoms with Crippen LogP contribution in [0, 0.1) is 5.92 Å². The van der Waals surface area contributed by atoms with Gasteiger partial charge in [-0.05, 0) is 30.7 Å². The van der Waals surface area contributed by atoms with Gasteiger partial charge in [-0.3, -0.25) is 4.79 Å². The molecule has 0 saturated carbocycles. The number of morpholine rings is 2. The van der Waals surface area contributed by atoms with Crippen LogP contribution in [0.5, 0.6) is 5.75 Å². The molecule has 8 nitrogen and oxygen atoms in total. The first kappa shape index (κ1) is 18.7. The Morgan fingerprint density at radius 2 is 1.78 bits per heavy atom. The molecule has 3 fully saturated rings. The molecule has 3 saturated heterocycles. The van der Waals surface area contributed by atoms with Crippen LogP contribution in [0.15, 0.2) is 29.2 Å². The number of carbonyl (C=O) groups excluding carboxylic acids is 1. The second-order valence-corrected chi connectivity index (χ2v) is 9.12. The van der Waals surface area contributed by atoms with E-state index in [-0.39, 0.29) is 42.0 Å². The molecule has 3 aliphatic heterocycles. The summed E-state index contributed by atoms with van der Waals surface area (Å²) in [6.45, 7) is 2.43. The highest BCUT2D eigenvalue weighted by Gasteiger charge is 2.42. The van der Waals surface area contributed by atoms with Gasteiger partial charge in [-0.25, -0.2) is 8.42 Å². The lowest BCUT2D eigenvalue weighted by molar-refractivity contribution is -0.158. The molecule has 4 rings (SSSR count). The van der Waals surface area contributed by atoms with Crippen LogP contribution in [-0.4, -0.2) is 82.2 Å². The summed E-state index contributed by atoms with van der Waals surface area (Å²) in [5, 5.41) is 0. The summed E-state index contributed by atoms with van der Waals surface area (Å²) in [5.41, 5.74) is 0. The Morgan fingerprint density at radius 1 is 1.11 bits per heavy atom. The lowest BCUT2D eigenvalue weighted by atomic mass is 10.0. The molecule has 3 atom stereocenters. The fraction of sp³-hybridized carbons (Fsp3) is 0.611. The van der Waals surface area contributed by atoms with E-state index < -0.39 is 10.0 Å². The number of hydrogen-bond donors (Lipinski definition) is 0. The molecule has 2 bridgehead atoms. The summed E-state index contributed by atoms with van der Waals surface area (Å²) < 4.78 is 43.7. The van der Waals surface area contributed by atoms with Gasteiger partial charge in [0.2, 0.25) is 15.9 Å². The van der Waals surface area contributed by atoms with Gasteiger partial charge in [0, 0.05) is 32.8 Å². The Bertz CT molecular complexity index is 777. The zero-order valence-electron chi connectivity index (χ0n) is 15.2. The van der Waals surface area contributed by atoms with E-state index in [1.807, 2.05) is 4.90 Å². The SMILES string of the molecule is COc1ccc(S(=O)(=O)N2C[C@H]3CN(C(=O)[C@@H]4CCOC4)C[C@@H](C2)O3)cc1. The van der Waals surface area contributed by atoms with Gasteiger partial charge in [0.1, 0.15) is 5.75 Å². The molecule has 0 unspecified atom stereocenters. The average molecular weight is 396 g/mol. The number of methoxy groups -OCH3 is 1. The Hall–Kier alpha value is -1.68. The number of benzene rings is 1. The highest BCUT2D eigenvalue weighted by atomic mass is 32.2. The van der Waals surface area contributed by atoms with Gasteiger partial charge >= 0.3 is 0 Å². The van der Waals surface area contributed by atoms with Crippen LogP contribution >= 0.6 is 0 Å². The van der Waals surface area contributed by atoms with Gasteiger partial charge < -0.3 is 19.1 Å². The molecule has 148 valence electrons. The first-order valence-electron chi connectivity index (χ1n) is 9.13. The van der Waals surface area contributed by atoms with Gasteiger partial charge in [0.05, 0.1) is 36.7 Å². The summed E-state index contributed by atoms with van der Waals surface area (Å²) in [5.74, 6) is 0.623. The van der Waals surface area contributed by atoms with E-state index in [0.717, 1.165) is 6.42 Å². The van der Waals surface area contributed by atoms with E-state index in [2.05, 4.69) is 0 Å². The maximum absolute atomic E-state index is 13.0. The average Bonchev–Trinajstić information content (AvgIpc) is 3.21. The van der Waals surface area contributed by atoms with Gasteiger partial charge in [0.15, 0.2) is 0 Å². The van der Waals surface area contributed by atoms with E-state index >= 15 is 0 Å². The zero-order chi connectivity index (χ0) is 19.0. The highest BCUT2D eigenvalue weighted by molar-refractivity contribution is 7.89. The molecule has 3 aliphatic rings. The van der Waals surface area contributed by atoms with Crippen LogP contribution in [0.4, 0.5) is 0 Å². The molecule has 0 aliphatic carbocycles. The fourth-order valence-electron chi connectivity index (χ4n) is 3.92. The third kappa shape index (κ3) is 3.69. The topological polar surface area (TPSA) is 85.4 Å². The van der Waals surface area contributed by atoms with E-state index in [1.165, 1.54) is 11.4 Å². The van der Waals surface area contributed by atoms with Crippen LogP contribution in [0.1, 0.15) is 6.42 Å². The van der Waals surface area contributed by atoms with Crippen LogP contribution < -0.4 is 4.74 Å². The second kappa shape index (κ2) is 7.38. The Morgan fingerprint density at radius 3 is 2.33 bits per heavy atom. The predicted molar refractivity (Wildman–Crippen MR) is 95.9 cm³/mol. The number of nitrogens with zero attached hydrogens (tertiary/aromatic N) is 2. The first-order chi connectivity index (χ1) is 13.0. The smallest absolute Gasteiger partial charge is 0.243 e. The molecule has 0 N–H and O–H groups in total. The number of carbonyl (C=O) groups is 1. The minimum Gasteiger partial charge on any atom is -0.497 e. The van der Waals surface area contributed by atoms with Gasteiger partial charge in [-0.15, -0.1) is 0 Å². The largest absolute Gasteiger partial charge is 0.497 e. The van der Waals surface area contributed by atoms with E-state index in [0.29, 0.717) is 32.1 Å². The van der Waals surface area contributed by atoms with Crippen molar-refractivity contribution in [2.45, 2.75) is 23.5 Å². The van der Waals surface area contributed by atoms with Crippen molar-refractivity contribution in [1.29, 1.82) is 0 Å². The minimum atomic E-state index is -3.61. The van der Waals surface area contributed by atoms with Crippen LogP contribution in [0.25, 0.3) is 0 Å². The van der Waals surface area contributed by atoms with E-state index in [9.17, 15) is 13.2 Å². The number of hydrogen-bond acceptors (Lipinski definition) is 6. The standard InChI is InChI=1S/C18H24N2O6S/c1-24-14-2-4-17(5-3-14)27(22,23)20-10-15-8-19(9-16(11-20)26-15)18(21)13-6-7-25-12-13/h2-5,13,15-16H,6-12H2,1H3/t13-,15-,16+/m1/s1. The monoisotopic (exact) mass is 396 g/mol. The van der Waals surface area contributed by atoms with Crippen LogP contribution in [0.3, 0.4) is 0 Å². The third-order valence-electron chi connectivity index (χ3n) is 5.34. The summed E-state index contributed by atoms with van der Waals surface area (Å²) in [7, 11) is -2.07. The number of sulfonamides is 1. The van der Waals surface area contributed by atoms with Crippen LogP contribution in [-0.2, 0) is 24.3 Å².